The van der Waals surface area contributed by atoms with Crippen LogP contribution in [0, 0.1) is 0 Å². The van der Waals surface area contributed by atoms with Crippen molar-refractivity contribution in [2.24, 2.45) is 0 Å². The summed E-state index contributed by atoms with van der Waals surface area (Å²) in [6.45, 7) is 1.10. The fourth-order valence-corrected chi connectivity index (χ4v) is 3.49. The van der Waals surface area contributed by atoms with Gasteiger partial charge in [-0.25, -0.2) is 0 Å². The van der Waals surface area contributed by atoms with Crippen molar-refractivity contribution in [3.05, 3.63) is 66.1 Å². The quantitative estimate of drug-likeness (QED) is 0.610. The van der Waals surface area contributed by atoms with Gasteiger partial charge in [-0.05, 0) is 30.5 Å². The Morgan fingerprint density at radius 1 is 1.21 bits per heavy atom. The van der Waals surface area contributed by atoms with Crippen LogP contribution in [0.25, 0.3) is 11.4 Å². The third kappa shape index (κ3) is 4.46. The number of rotatable bonds is 7. The van der Waals surface area contributed by atoms with Crippen LogP contribution in [-0.4, -0.2) is 41.2 Å². The molecule has 2 heterocycles. The summed E-state index contributed by atoms with van der Waals surface area (Å²) in [5, 5.41) is 4.09. The third-order valence-electron chi connectivity index (χ3n) is 4.96. The van der Waals surface area contributed by atoms with Gasteiger partial charge in [-0.3, -0.25) is 4.79 Å². The summed E-state index contributed by atoms with van der Waals surface area (Å²) in [5.74, 6) is 1.60. The van der Waals surface area contributed by atoms with E-state index in [0.717, 1.165) is 29.7 Å². The lowest BCUT2D eigenvalue weighted by molar-refractivity contribution is -0.138. The molecule has 1 aromatic heterocycles. The zero-order valence-electron chi connectivity index (χ0n) is 16.3. The molecule has 1 atom stereocenters. The van der Waals surface area contributed by atoms with Crippen LogP contribution in [0.5, 0.6) is 5.75 Å². The van der Waals surface area contributed by atoms with E-state index in [0.29, 0.717) is 24.9 Å². The van der Waals surface area contributed by atoms with E-state index in [1.54, 1.807) is 12.0 Å². The van der Waals surface area contributed by atoms with Crippen LogP contribution >= 0.6 is 0 Å². The number of aromatic nitrogens is 2. The Balaban J connectivity index is 1.40. The fraction of sp³-hybridized carbons (Fsp3) is 0.318. The third-order valence-corrected chi connectivity index (χ3v) is 4.96. The van der Waals surface area contributed by atoms with Gasteiger partial charge in [0.1, 0.15) is 18.4 Å². The molecule has 29 heavy (non-hydrogen) atoms. The van der Waals surface area contributed by atoms with Gasteiger partial charge in [-0.15, -0.1) is 0 Å². The van der Waals surface area contributed by atoms with Gasteiger partial charge in [-0.1, -0.05) is 47.6 Å². The van der Waals surface area contributed by atoms with Gasteiger partial charge in [0.05, 0.1) is 13.7 Å². The summed E-state index contributed by atoms with van der Waals surface area (Å²) in [4.78, 5) is 19.0. The van der Waals surface area contributed by atoms with Crippen LogP contribution < -0.4 is 4.74 Å². The molecule has 1 saturated heterocycles. The molecule has 1 aliphatic heterocycles. The molecule has 0 N–H and O–H groups in total. The maximum Gasteiger partial charge on any atom is 0.249 e. The van der Waals surface area contributed by atoms with Crippen LogP contribution in [-0.2, 0) is 16.1 Å². The van der Waals surface area contributed by atoms with Crippen molar-refractivity contribution >= 4 is 5.91 Å². The first kappa shape index (κ1) is 19.1. The smallest absolute Gasteiger partial charge is 0.249 e. The molecule has 7 heteroatoms. The zero-order valence-corrected chi connectivity index (χ0v) is 16.3. The highest BCUT2D eigenvalue weighted by atomic mass is 16.5. The highest BCUT2D eigenvalue weighted by Crippen LogP contribution is 2.32. The van der Waals surface area contributed by atoms with Crippen molar-refractivity contribution in [2.75, 3.05) is 20.3 Å². The molecule has 2 aromatic carbocycles. The monoisotopic (exact) mass is 393 g/mol. The van der Waals surface area contributed by atoms with Crippen molar-refractivity contribution in [3.63, 3.8) is 0 Å². The van der Waals surface area contributed by atoms with Crippen molar-refractivity contribution < 1.29 is 18.8 Å². The van der Waals surface area contributed by atoms with Gasteiger partial charge >= 0.3 is 0 Å². The Morgan fingerprint density at radius 2 is 2.07 bits per heavy atom. The minimum atomic E-state index is -0.213. The Bertz CT molecular complexity index is 957. The summed E-state index contributed by atoms with van der Waals surface area (Å²) >= 11 is 0. The molecule has 1 aliphatic rings. The van der Waals surface area contributed by atoms with Gasteiger partial charge in [-0.2, -0.15) is 4.98 Å². The first-order chi connectivity index (χ1) is 14.2. The number of methoxy groups -OCH3 is 1. The number of hydrogen-bond acceptors (Lipinski definition) is 6. The fourth-order valence-electron chi connectivity index (χ4n) is 3.49. The lowest BCUT2D eigenvalue weighted by Gasteiger charge is -2.21. The number of nitrogens with zero attached hydrogens (tertiary/aromatic N) is 3. The summed E-state index contributed by atoms with van der Waals surface area (Å²) < 4.78 is 16.3. The number of hydrogen-bond donors (Lipinski definition) is 0. The molecular formula is C22H23N3O4. The van der Waals surface area contributed by atoms with E-state index in [4.69, 9.17) is 14.0 Å². The van der Waals surface area contributed by atoms with E-state index in [9.17, 15) is 4.79 Å². The average Bonchev–Trinajstić information content (AvgIpc) is 3.44. The molecule has 0 radical (unpaired) electrons. The van der Waals surface area contributed by atoms with Gasteiger partial charge in [0.15, 0.2) is 0 Å². The topological polar surface area (TPSA) is 77.7 Å². The second-order valence-corrected chi connectivity index (χ2v) is 6.91. The van der Waals surface area contributed by atoms with Crippen LogP contribution in [0.3, 0.4) is 0 Å². The summed E-state index contributed by atoms with van der Waals surface area (Å²) in [5.41, 5.74) is 1.85. The number of ether oxygens (including phenoxy) is 2. The van der Waals surface area contributed by atoms with Crippen LogP contribution in [0.15, 0.2) is 59.1 Å². The van der Waals surface area contributed by atoms with Crippen molar-refractivity contribution in [1.29, 1.82) is 0 Å². The van der Waals surface area contributed by atoms with E-state index in [1.165, 1.54) is 0 Å². The average molecular weight is 393 g/mol. The van der Waals surface area contributed by atoms with E-state index < -0.39 is 0 Å². The second kappa shape index (κ2) is 8.87. The van der Waals surface area contributed by atoms with E-state index in [1.807, 2.05) is 54.6 Å². The predicted octanol–water partition coefficient (Wildman–Crippen LogP) is 3.63. The lowest BCUT2D eigenvalue weighted by Crippen LogP contribution is -2.33. The Hall–Kier alpha value is -3.19. The molecule has 3 aromatic rings. The van der Waals surface area contributed by atoms with E-state index >= 15 is 0 Å². The van der Waals surface area contributed by atoms with E-state index in [-0.39, 0.29) is 18.6 Å². The van der Waals surface area contributed by atoms with Crippen LogP contribution in [0.1, 0.15) is 30.3 Å². The van der Waals surface area contributed by atoms with Crippen molar-refractivity contribution in [3.8, 4) is 17.1 Å². The van der Waals surface area contributed by atoms with Crippen molar-refractivity contribution in [1.82, 2.24) is 15.0 Å². The highest BCUT2D eigenvalue weighted by molar-refractivity contribution is 5.78. The normalized spacial score (nSPS) is 16.2. The van der Waals surface area contributed by atoms with Crippen LogP contribution in [0.4, 0.5) is 0 Å². The number of likely N-dealkylation sites (tertiary alicyclic amines) is 1. The molecule has 150 valence electrons. The molecular weight excluding hydrogens is 370 g/mol. The van der Waals surface area contributed by atoms with Gasteiger partial charge in [0.2, 0.25) is 17.6 Å². The Kier molecular flexibility index (Phi) is 5.86. The molecule has 0 bridgehead atoms. The van der Waals surface area contributed by atoms with Gasteiger partial charge in [0.25, 0.3) is 0 Å². The first-order valence-corrected chi connectivity index (χ1v) is 9.64. The highest BCUT2D eigenvalue weighted by Gasteiger charge is 2.34. The lowest BCUT2D eigenvalue weighted by atomic mass is 10.2. The minimum Gasteiger partial charge on any atom is -0.497 e. The molecule has 0 saturated carbocycles. The number of amides is 1. The van der Waals surface area contributed by atoms with Gasteiger partial charge in [0, 0.05) is 12.1 Å². The molecule has 0 aliphatic carbocycles. The standard InChI is InChI=1S/C22H23N3O4/c1-27-18-10-5-9-17(13-18)21-23-22(29-24-21)19-11-6-12-25(19)20(26)15-28-14-16-7-3-2-4-8-16/h2-5,7-10,13,19H,6,11-12,14-15H2,1H3. The van der Waals surface area contributed by atoms with Gasteiger partial charge < -0.3 is 18.9 Å². The zero-order chi connectivity index (χ0) is 20.1. The summed E-state index contributed by atoms with van der Waals surface area (Å²) in [7, 11) is 1.61. The molecule has 7 nitrogen and oxygen atoms in total. The largest absolute Gasteiger partial charge is 0.497 e. The SMILES string of the molecule is COc1cccc(-c2noc(C3CCCN3C(=O)COCc3ccccc3)n2)c1. The van der Waals surface area contributed by atoms with E-state index in [2.05, 4.69) is 10.1 Å². The summed E-state index contributed by atoms with van der Waals surface area (Å²) in [6.07, 6.45) is 1.69. The maximum absolute atomic E-state index is 12.7. The number of benzene rings is 2. The van der Waals surface area contributed by atoms with Crippen molar-refractivity contribution in [2.45, 2.75) is 25.5 Å². The number of carbonyl (C=O) groups is 1. The van der Waals surface area contributed by atoms with Crippen LogP contribution in [0.2, 0.25) is 0 Å². The Morgan fingerprint density at radius 3 is 2.90 bits per heavy atom. The molecule has 1 amide bonds. The summed E-state index contributed by atoms with van der Waals surface area (Å²) in [6, 6.07) is 17.1. The number of carbonyl (C=O) groups excluding carboxylic acids is 1. The molecule has 1 unspecified atom stereocenters. The predicted molar refractivity (Wildman–Crippen MR) is 106 cm³/mol. The molecule has 0 spiro atoms. The second-order valence-electron chi connectivity index (χ2n) is 6.91. The molecule has 1 fully saturated rings. The minimum absolute atomic E-state index is 0.0300. The first-order valence-electron chi connectivity index (χ1n) is 9.64. The molecule has 4 rings (SSSR count). The Labute approximate surface area is 169 Å². The maximum atomic E-state index is 12.7.